The van der Waals surface area contributed by atoms with E-state index in [-0.39, 0.29) is 5.41 Å². The predicted molar refractivity (Wildman–Crippen MR) is 39.9 cm³/mol. The van der Waals surface area contributed by atoms with E-state index < -0.39 is 12.9 Å². The maximum Gasteiger partial charge on any atom is 0.345 e. The smallest absolute Gasteiger partial charge is 0.323 e. The van der Waals surface area contributed by atoms with Gasteiger partial charge in [0.25, 0.3) is 0 Å². The third kappa shape index (κ3) is 0.733. The van der Waals surface area contributed by atoms with Gasteiger partial charge in [-0.25, -0.2) is 0 Å². The van der Waals surface area contributed by atoms with Crippen LogP contribution in [0.1, 0.15) is 25.7 Å². The summed E-state index contributed by atoms with van der Waals surface area (Å²) >= 11 is 0. The molecule has 64 valence electrons. The summed E-state index contributed by atoms with van der Waals surface area (Å²) in [6, 6.07) is 0. The number of hydrogen-bond donors (Lipinski definition) is 3. The van der Waals surface area contributed by atoms with Crippen LogP contribution in [0.25, 0.3) is 0 Å². The zero-order valence-electron chi connectivity index (χ0n) is 6.16. The summed E-state index contributed by atoms with van der Waals surface area (Å²) in [4.78, 5) is 17.8. The molecule has 2 aliphatic rings. The highest BCUT2D eigenvalue weighted by molar-refractivity contribution is 7.54. The van der Waals surface area contributed by atoms with Gasteiger partial charge in [-0.15, -0.1) is 0 Å². The topological polar surface area (TPSA) is 83.6 Å². The summed E-state index contributed by atoms with van der Waals surface area (Å²) in [6.45, 7) is 0. The first-order valence-electron chi connectivity index (χ1n) is 3.76. The molecule has 2 aliphatic carbocycles. The average Bonchev–Trinajstić information content (AvgIpc) is 2.34. The van der Waals surface area contributed by atoms with Gasteiger partial charge in [-0.2, -0.15) is 0 Å². The Balaban J connectivity index is 2.23. The molecule has 0 heterocycles. The molecule has 5 heteroatoms. The molecule has 2 saturated carbocycles. The van der Waals surface area contributed by atoms with E-state index in [1.807, 2.05) is 0 Å². The first-order chi connectivity index (χ1) is 4.91. The van der Waals surface area contributed by atoms with Gasteiger partial charge in [-0.1, -0.05) is 6.42 Å². The molecule has 0 aromatic carbocycles. The number of nitrogens with two attached hydrogens (primary N) is 1. The Kier molecular flexibility index (Phi) is 1.21. The molecule has 0 aromatic rings. The van der Waals surface area contributed by atoms with Crippen molar-refractivity contribution in [2.45, 2.75) is 31.0 Å². The van der Waals surface area contributed by atoms with Gasteiger partial charge in [0, 0.05) is 5.41 Å². The highest BCUT2D eigenvalue weighted by Crippen LogP contribution is 2.78. The highest BCUT2D eigenvalue weighted by Gasteiger charge is 2.75. The minimum Gasteiger partial charge on any atom is -0.323 e. The van der Waals surface area contributed by atoms with Crippen molar-refractivity contribution in [1.82, 2.24) is 0 Å². The van der Waals surface area contributed by atoms with Gasteiger partial charge in [0.05, 0.1) is 0 Å². The lowest BCUT2D eigenvalue weighted by Gasteiger charge is -2.30. The van der Waals surface area contributed by atoms with E-state index in [1.165, 1.54) is 0 Å². The van der Waals surface area contributed by atoms with Crippen molar-refractivity contribution in [2.24, 2.45) is 11.1 Å². The van der Waals surface area contributed by atoms with E-state index in [9.17, 15) is 4.57 Å². The molecule has 4 N–H and O–H groups in total. The van der Waals surface area contributed by atoms with Crippen LogP contribution in [0.5, 0.6) is 0 Å². The summed E-state index contributed by atoms with van der Waals surface area (Å²) in [5.41, 5.74) is 5.43. The van der Waals surface area contributed by atoms with Crippen molar-refractivity contribution in [3.8, 4) is 0 Å². The molecule has 2 fully saturated rings. The van der Waals surface area contributed by atoms with Crippen LogP contribution >= 0.6 is 7.60 Å². The van der Waals surface area contributed by atoms with E-state index in [2.05, 4.69) is 0 Å². The molecular formula is C6H12NO3P. The van der Waals surface area contributed by atoms with Crippen LogP contribution in [0.3, 0.4) is 0 Å². The van der Waals surface area contributed by atoms with Crippen LogP contribution in [0.2, 0.25) is 0 Å². The fourth-order valence-electron chi connectivity index (χ4n) is 2.10. The minimum atomic E-state index is -4.05. The Labute approximate surface area is 64.9 Å². The van der Waals surface area contributed by atoms with E-state index in [0.29, 0.717) is 6.42 Å². The first-order valence-corrected chi connectivity index (χ1v) is 5.37. The molecule has 1 unspecified atom stereocenters. The largest absolute Gasteiger partial charge is 0.345 e. The van der Waals surface area contributed by atoms with Crippen molar-refractivity contribution in [3.63, 3.8) is 0 Å². The fraction of sp³-hybridized carbons (Fsp3) is 1.00. The van der Waals surface area contributed by atoms with Crippen LogP contribution in [-0.4, -0.2) is 15.1 Å². The normalized spacial score (nSPS) is 40.3. The van der Waals surface area contributed by atoms with E-state index in [1.54, 1.807) is 0 Å². The summed E-state index contributed by atoms with van der Waals surface area (Å²) in [5.74, 6) is 0. The fourth-order valence-corrected chi connectivity index (χ4v) is 3.45. The van der Waals surface area contributed by atoms with Crippen LogP contribution < -0.4 is 5.73 Å². The third-order valence-electron chi connectivity index (χ3n) is 3.23. The maximum atomic E-state index is 10.9. The Morgan fingerprint density at radius 3 is 2.00 bits per heavy atom. The molecule has 2 rings (SSSR count). The molecule has 0 saturated heterocycles. The Hall–Kier alpha value is 0.110. The lowest BCUT2D eigenvalue weighted by Crippen LogP contribution is -2.34. The van der Waals surface area contributed by atoms with Gasteiger partial charge in [0.15, 0.2) is 0 Å². The van der Waals surface area contributed by atoms with Crippen LogP contribution in [-0.2, 0) is 4.57 Å². The van der Waals surface area contributed by atoms with Crippen molar-refractivity contribution in [3.05, 3.63) is 0 Å². The molecule has 0 aliphatic heterocycles. The van der Waals surface area contributed by atoms with Gasteiger partial charge >= 0.3 is 7.60 Å². The molecule has 0 aromatic heterocycles. The van der Waals surface area contributed by atoms with Gasteiger partial charge in [0.1, 0.15) is 5.28 Å². The SMILES string of the molecule is NC1(P(=O)(O)O)CC12CCC2. The first kappa shape index (κ1) is 7.74. The Morgan fingerprint density at radius 2 is 1.91 bits per heavy atom. The third-order valence-corrected chi connectivity index (χ3v) is 4.90. The van der Waals surface area contributed by atoms with Gasteiger partial charge in [0.2, 0.25) is 0 Å². The maximum absolute atomic E-state index is 10.9. The van der Waals surface area contributed by atoms with Gasteiger partial charge < -0.3 is 15.5 Å². The number of rotatable bonds is 1. The molecule has 0 amide bonds. The highest BCUT2D eigenvalue weighted by atomic mass is 31.2. The zero-order chi connectivity index (χ0) is 8.33. The van der Waals surface area contributed by atoms with E-state index in [0.717, 1.165) is 19.3 Å². The van der Waals surface area contributed by atoms with Crippen LogP contribution in [0.4, 0.5) is 0 Å². The Bertz CT molecular complexity index is 244. The van der Waals surface area contributed by atoms with Crippen molar-refractivity contribution >= 4 is 7.60 Å². The molecule has 0 bridgehead atoms. The summed E-state index contributed by atoms with van der Waals surface area (Å²) < 4.78 is 10.9. The second-order valence-corrected chi connectivity index (χ2v) is 5.67. The minimum absolute atomic E-state index is 0.175. The predicted octanol–water partition coefficient (Wildman–Crippen LogP) is 0.393. The van der Waals surface area contributed by atoms with Crippen LogP contribution in [0, 0.1) is 5.41 Å². The molecule has 0 radical (unpaired) electrons. The Morgan fingerprint density at radius 1 is 1.36 bits per heavy atom. The van der Waals surface area contributed by atoms with E-state index in [4.69, 9.17) is 15.5 Å². The molecule has 11 heavy (non-hydrogen) atoms. The lowest BCUT2D eigenvalue weighted by atomic mass is 9.81. The van der Waals surface area contributed by atoms with Gasteiger partial charge in [-0.05, 0) is 19.3 Å². The number of hydrogen-bond acceptors (Lipinski definition) is 2. The second-order valence-electron chi connectivity index (χ2n) is 3.78. The van der Waals surface area contributed by atoms with Crippen molar-refractivity contribution in [1.29, 1.82) is 0 Å². The lowest BCUT2D eigenvalue weighted by molar-refractivity contribution is 0.246. The molecule has 4 nitrogen and oxygen atoms in total. The summed E-state index contributed by atoms with van der Waals surface area (Å²) in [6.07, 6.45) is 3.38. The van der Waals surface area contributed by atoms with E-state index >= 15 is 0 Å². The standard InChI is InChI=1S/C6H12NO3P/c7-6(11(8,9)10)4-5(6)2-1-3-5/h1-4,7H2,(H2,8,9,10). The molecule has 1 atom stereocenters. The van der Waals surface area contributed by atoms with Crippen molar-refractivity contribution < 1.29 is 14.4 Å². The van der Waals surface area contributed by atoms with Crippen LogP contribution in [0.15, 0.2) is 0 Å². The average molecular weight is 177 g/mol. The molecule has 1 spiro atoms. The van der Waals surface area contributed by atoms with Crippen molar-refractivity contribution in [2.75, 3.05) is 0 Å². The quantitative estimate of drug-likeness (QED) is 0.506. The second kappa shape index (κ2) is 1.72. The summed E-state index contributed by atoms with van der Waals surface area (Å²) in [7, 11) is -4.05. The van der Waals surface area contributed by atoms with Gasteiger partial charge in [-0.3, -0.25) is 4.57 Å². The molecular weight excluding hydrogens is 165 g/mol. The summed E-state index contributed by atoms with van der Waals surface area (Å²) in [5, 5.41) is -1.15. The zero-order valence-corrected chi connectivity index (χ0v) is 7.05. The monoisotopic (exact) mass is 177 g/mol.